The summed E-state index contributed by atoms with van der Waals surface area (Å²) in [4.78, 5) is 17.6. The molecule has 0 amide bonds. The van der Waals surface area contributed by atoms with Crippen LogP contribution in [0.1, 0.15) is 21.6 Å². The number of aromatic carboxylic acids is 1. The molecule has 1 heterocycles. The molecule has 1 aromatic carbocycles. The molecule has 2 rings (SSSR count). The van der Waals surface area contributed by atoms with Crippen LogP contribution in [-0.2, 0) is 12.7 Å². The van der Waals surface area contributed by atoms with E-state index in [9.17, 15) is 18.0 Å². The predicted molar refractivity (Wildman–Crippen MR) is 76.6 cm³/mol. The zero-order chi connectivity index (χ0) is 17.2. The van der Waals surface area contributed by atoms with Gasteiger partial charge in [0.25, 0.3) is 0 Å². The Morgan fingerprint density at radius 3 is 2.57 bits per heavy atom. The quantitative estimate of drug-likeness (QED) is 0.632. The largest absolute Gasteiger partial charge is 0.478 e. The number of anilines is 3. The molecule has 0 saturated carbocycles. The van der Waals surface area contributed by atoms with Crippen molar-refractivity contribution in [3.05, 3.63) is 41.2 Å². The first-order chi connectivity index (χ1) is 10.7. The lowest BCUT2D eigenvalue weighted by molar-refractivity contribution is -0.141. The maximum Gasteiger partial charge on any atom is 0.434 e. The second-order valence-corrected chi connectivity index (χ2v) is 4.57. The van der Waals surface area contributed by atoms with Crippen LogP contribution in [0.25, 0.3) is 0 Å². The van der Waals surface area contributed by atoms with Gasteiger partial charge < -0.3 is 21.9 Å². The van der Waals surface area contributed by atoms with Gasteiger partial charge in [0.2, 0.25) is 5.95 Å². The minimum atomic E-state index is -4.91. The number of aromatic nitrogens is 2. The SMILES string of the molecule is Nc1ccc(CNc2ncc(C(=O)O)c(C(F)(F)F)n2)c(N)c1. The van der Waals surface area contributed by atoms with Gasteiger partial charge in [-0.25, -0.2) is 14.8 Å². The van der Waals surface area contributed by atoms with Crippen LogP contribution >= 0.6 is 0 Å². The van der Waals surface area contributed by atoms with Crippen molar-refractivity contribution < 1.29 is 23.1 Å². The van der Waals surface area contributed by atoms with Crippen LogP contribution in [0.4, 0.5) is 30.5 Å². The van der Waals surface area contributed by atoms with Crippen molar-refractivity contribution in [3.63, 3.8) is 0 Å². The highest BCUT2D eigenvalue weighted by Gasteiger charge is 2.38. The molecular weight excluding hydrogens is 315 g/mol. The van der Waals surface area contributed by atoms with Crippen molar-refractivity contribution in [1.29, 1.82) is 0 Å². The first-order valence-corrected chi connectivity index (χ1v) is 6.23. The van der Waals surface area contributed by atoms with E-state index in [0.29, 0.717) is 23.1 Å². The van der Waals surface area contributed by atoms with Crippen molar-refractivity contribution in [2.24, 2.45) is 0 Å². The molecule has 23 heavy (non-hydrogen) atoms. The van der Waals surface area contributed by atoms with Gasteiger partial charge in [-0.15, -0.1) is 0 Å². The van der Waals surface area contributed by atoms with Crippen molar-refractivity contribution >= 4 is 23.3 Å². The Balaban J connectivity index is 2.25. The number of rotatable bonds is 4. The van der Waals surface area contributed by atoms with Crippen LogP contribution in [-0.4, -0.2) is 21.0 Å². The summed E-state index contributed by atoms with van der Waals surface area (Å²) in [5, 5.41) is 11.3. The average Bonchev–Trinajstić information content (AvgIpc) is 2.45. The molecule has 7 nitrogen and oxygen atoms in total. The van der Waals surface area contributed by atoms with E-state index in [1.54, 1.807) is 12.1 Å². The smallest absolute Gasteiger partial charge is 0.434 e. The van der Waals surface area contributed by atoms with Gasteiger partial charge in [-0.3, -0.25) is 0 Å². The van der Waals surface area contributed by atoms with Crippen molar-refractivity contribution in [2.45, 2.75) is 12.7 Å². The predicted octanol–water partition coefficient (Wildman–Crippen LogP) is 1.97. The van der Waals surface area contributed by atoms with Crippen LogP contribution in [0.5, 0.6) is 0 Å². The molecular formula is C13H12F3N5O2. The van der Waals surface area contributed by atoms with Crippen LogP contribution in [0.2, 0.25) is 0 Å². The van der Waals surface area contributed by atoms with Gasteiger partial charge in [-0.2, -0.15) is 13.2 Å². The number of nitrogens with two attached hydrogens (primary N) is 2. The number of halogens is 3. The molecule has 0 radical (unpaired) electrons. The maximum atomic E-state index is 12.8. The lowest BCUT2D eigenvalue weighted by Crippen LogP contribution is -2.18. The van der Waals surface area contributed by atoms with Gasteiger partial charge in [-0.05, 0) is 17.7 Å². The molecule has 0 fully saturated rings. The summed E-state index contributed by atoms with van der Waals surface area (Å²) >= 11 is 0. The van der Waals surface area contributed by atoms with Crippen LogP contribution in [0.3, 0.4) is 0 Å². The highest BCUT2D eigenvalue weighted by molar-refractivity contribution is 5.88. The van der Waals surface area contributed by atoms with Crippen molar-refractivity contribution in [1.82, 2.24) is 9.97 Å². The zero-order valence-corrected chi connectivity index (χ0v) is 11.6. The highest BCUT2D eigenvalue weighted by Crippen LogP contribution is 2.30. The molecule has 6 N–H and O–H groups in total. The molecule has 0 atom stereocenters. The van der Waals surface area contributed by atoms with Crippen LogP contribution in [0, 0.1) is 0 Å². The topological polar surface area (TPSA) is 127 Å². The summed E-state index contributed by atoms with van der Waals surface area (Å²) in [6.07, 6.45) is -4.31. The molecule has 0 aliphatic heterocycles. The molecule has 0 aliphatic rings. The summed E-state index contributed by atoms with van der Waals surface area (Å²) in [6, 6.07) is 4.70. The van der Waals surface area contributed by atoms with Crippen molar-refractivity contribution in [2.75, 3.05) is 16.8 Å². The number of nitrogen functional groups attached to an aromatic ring is 2. The molecule has 0 aliphatic carbocycles. The van der Waals surface area contributed by atoms with E-state index in [1.807, 2.05) is 0 Å². The zero-order valence-electron chi connectivity index (χ0n) is 11.6. The van der Waals surface area contributed by atoms with E-state index < -0.39 is 23.4 Å². The number of benzene rings is 1. The lowest BCUT2D eigenvalue weighted by atomic mass is 10.1. The number of carboxylic acids is 1. The fraction of sp³-hybridized carbons (Fsp3) is 0.154. The van der Waals surface area contributed by atoms with E-state index in [0.717, 1.165) is 0 Å². The Morgan fingerprint density at radius 1 is 1.30 bits per heavy atom. The fourth-order valence-corrected chi connectivity index (χ4v) is 1.79. The van der Waals surface area contributed by atoms with Crippen LogP contribution in [0.15, 0.2) is 24.4 Å². The molecule has 0 bridgehead atoms. The monoisotopic (exact) mass is 327 g/mol. The average molecular weight is 327 g/mol. The molecule has 0 unspecified atom stereocenters. The maximum absolute atomic E-state index is 12.8. The molecule has 10 heteroatoms. The Bertz CT molecular complexity index is 749. The second kappa shape index (κ2) is 5.99. The Kier molecular flexibility index (Phi) is 4.25. The van der Waals surface area contributed by atoms with Crippen LogP contribution < -0.4 is 16.8 Å². The van der Waals surface area contributed by atoms with E-state index in [4.69, 9.17) is 16.6 Å². The molecule has 0 saturated heterocycles. The normalized spacial score (nSPS) is 11.3. The number of hydrogen-bond donors (Lipinski definition) is 4. The second-order valence-electron chi connectivity index (χ2n) is 4.57. The van der Waals surface area contributed by atoms with Gasteiger partial charge in [0.1, 0.15) is 5.56 Å². The first kappa shape index (κ1) is 16.3. The summed E-state index contributed by atoms with van der Waals surface area (Å²) in [5.74, 6) is -2.12. The summed E-state index contributed by atoms with van der Waals surface area (Å²) < 4.78 is 38.5. The Hall–Kier alpha value is -3.04. The standard InChI is InChI=1S/C13H12F3N5O2/c14-13(15,16)10-8(11(22)23)5-20-12(21-10)19-4-6-1-2-7(17)3-9(6)18/h1-3,5H,4,17-18H2,(H,22,23)(H,19,20,21). The van der Waals surface area contributed by atoms with Crippen molar-refractivity contribution in [3.8, 4) is 0 Å². The number of nitrogens with one attached hydrogen (secondary N) is 1. The van der Waals surface area contributed by atoms with Gasteiger partial charge in [0.05, 0.1) is 0 Å². The highest BCUT2D eigenvalue weighted by atomic mass is 19.4. The summed E-state index contributed by atoms with van der Waals surface area (Å²) in [6.45, 7) is 0.0514. The number of carboxylic acid groups (broad SMARTS) is 1. The molecule has 0 spiro atoms. The minimum Gasteiger partial charge on any atom is -0.478 e. The van der Waals surface area contributed by atoms with Gasteiger partial charge >= 0.3 is 12.1 Å². The van der Waals surface area contributed by atoms with Gasteiger partial charge in [0.15, 0.2) is 5.69 Å². The number of nitrogens with zero attached hydrogens (tertiary/aromatic N) is 2. The lowest BCUT2D eigenvalue weighted by Gasteiger charge is -2.12. The number of alkyl halides is 3. The number of carbonyl (C=O) groups is 1. The first-order valence-electron chi connectivity index (χ1n) is 6.23. The third-order valence-electron chi connectivity index (χ3n) is 2.89. The fourth-order valence-electron chi connectivity index (χ4n) is 1.79. The molecule has 2 aromatic rings. The summed E-state index contributed by atoms with van der Waals surface area (Å²) in [5.41, 5.74) is 10.1. The summed E-state index contributed by atoms with van der Waals surface area (Å²) in [7, 11) is 0. The van der Waals surface area contributed by atoms with Gasteiger partial charge in [0, 0.05) is 24.1 Å². The molecule has 1 aromatic heterocycles. The van der Waals surface area contributed by atoms with E-state index in [2.05, 4.69) is 15.3 Å². The van der Waals surface area contributed by atoms with Gasteiger partial charge in [-0.1, -0.05) is 6.07 Å². The third-order valence-corrected chi connectivity index (χ3v) is 2.89. The molecule has 122 valence electrons. The Labute approximate surface area is 128 Å². The van der Waals surface area contributed by atoms with E-state index in [1.165, 1.54) is 6.07 Å². The minimum absolute atomic E-state index is 0.0514. The number of hydrogen-bond acceptors (Lipinski definition) is 6. The van der Waals surface area contributed by atoms with E-state index in [-0.39, 0.29) is 12.5 Å². The van der Waals surface area contributed by atoms with E-state index >= 15 is 0 Å². The third kappa shape index (κ3) is 3.78. The Morgan fingerprint density at radius 2 is 2.00 bits per heavy atom.